The summed E-state index contributed by atoms with van der Waals surface area (Å²) in [6, 6.07) is 5.98. The third kappa shape index (κ3) is 8.24. The number of nitrogens with one attached hydrogen (secondary N) is 1. The molecule has 0 bridgehead atoms. The van der Waals surface area contributed by atoms with Gasteiger partial charge >= 0.3 is 12.1 Å². The van der Waals surface area contributed by atoms with Crippen molar-refractivity contribution < 1.29 is 19.4 Å². The van der Waals surface area contributed by atoms with Gasteiger partial charge in [0.05, 0.1) is 0 Å². The molecular formula is C23H32N4O4. The van der Waals surface area contributed by atoms with Crippen molar-refractivity contribution in [3.05, 3.63) is 47.9 Å². The van der Waals surface area contributed by atoms with E-state index in [1.807, 2.05) is 0 Å². The van der Waals surface area contributed by atoms with Crippen molar-refractivity contribution in [3.8, 4) is 5.75 Å². The van der Waals surface area contributed by atoms with Gasteiger partial charge in [-0.3, -0.25) is 0 Å². The summed E-state index contributed by atoms with van der Waals surface area (Å²) in [6.07, 6.45) is 9.56. The van der Waals surface area contributed by atoms with Crippen molar-refractivity contribution in [2.24, 2.45) is 0 Å². The number of carboxylic acid groups (broad SMARTS) is 1. The van der Waals surface area contributed by atoms with E-state index < -0.39 is 18.1 Å². The zero-order valence-electron chi connectivity index (χ0n) is 18.5. The number of aryl methyl sites for hydroxylation is 1. The van der Waals surface area contributed by atoms with Gasteiger partial charge in [-0.2, -0.15) is 0 Å². The summed E-state index contributed by atoms with van der Waals surface area (Å²) in [4.78, 5) is 33.2. The average molecular weight is 429 g/mol. The summed E-state index contributed by atoms with van der Waals surface area (Å²) in [7, 11) is 3.21. The highest BCUT2D eigenvalue weighted by atomic mass is 16.6. The molecule has 0 unspecified atom stereocenters. The SMILES string of the molecule is CCCCCCCc1cncnc1N[C@@H](Cc1ccc(OC(=O)N(C)C)cc1)C(=O)O. The van der Waals surface area contributed by atoms with Crippen LogP contribution in [0.15, 0.2) is 36.8 Å². The van der Waals surface area contributed by atoms with Crippen LogP contribution in [0.1, 0.15) is 50.2 Å². The van der Waals surface area contributed by atoms with Crippen LogP contribution < -0.4 is 10.1 Å². The summed E-state index contributed by atoms with van der Waals surface area (Å²) in [5.74, 6) is 0.00786. The number of benzene rings is 1. The molecule has 1 aromatic carbocycles. The standard InChI is InChI=1S/C23H32N4O4/c1-4-5-6-7-8-9-18-15-24-16-25-21(18)26-20(22(28)29)14-17-10-12-19(13-11-17)31-23(30)27(2)3/h10-13,15-16,20H,4-9,14H2,1-3H3,(H,28,29)(H,24,25,26)/t20-/m0/s1. The van der Waals surface area contributed by atoms with Gasteiger partial charge in [-0.1, -0.05) is 44.7 Å². The highest BCUT2D eigenvalue weighted by Crippen LogP contribution is 2.19. The van der Waals surface area contributed by atoms with Gasteiger partial charge in [-0.15, -0.1) is 0 Å². The summed E-state index contributed by atoms with van der Waals surface area (Å²) in [6.45, 7) is 2.18. The van der Waals surface area contributed by atoms with Gasteiger partial charge in [0.2, 0.25) is 0 Å². The Morgan fingerprint density at radius 2 is 1.84 bits per heavy atom. The first-order valence-electron chi connectivity index (χ1n) is 10.7. The van der Waals surface area contributed by atoms with Gasteiger partial charge in [-0.05, 0) is 30.5 Å². The lowest BCUT2D eigenvalue weighted by molar-refractivity contribution is -0.137. The summed E-state index contributed by atoms with van der Waals surface area (Å²) >= 11 is 0. The Hall–Kier alpha value is -3.16. The molecule has 1 heterocycles. The number of ether oxygens (including phenoxy) is 1. The number of nitrogens with zero attached hydrogens (tertiary/aromatic N) is 3. The molecule has 8 heteroatoms. The lowest BCUT2D eigenvalue weighted by Crippen LogP contribution is -2.32. The van der Waals surface area contributed by atoms with Gasteiger partial charge in [0.15, 0.2) is 0 Å². The first kappa shape index (κ1) is 24.1. The highest BCUT2D eigenvalue weighted by molar-refractivity contribution is 5.77. The first-order valence-corrected chi connectivity index (χ1v) is 10.7. The minimum atomic E-state index is -0.962. The largest absolute Gasteiger partial charge is 0.480 e. The van der Waals surface area contributed by atoms with Gasteiger partial charge in [0.1, 0.15) is 23.9 Å². The molecule has 0 aliphatic heterocycles. The molecule has 1 aromatic heterocycles. The molecule has 0 saturated heterocycles. The normalized spacial score (nSPS) is 11.6. The number of carbonyl (C=O) groups excluding carboxylic acids is 1. The molecule has 31 heavy (non-hydrogen) atoms. The molecule has 1 atom stereocenters. The lowest BCUT2D eigenvalue weighted by atomic mass is 10.0. The number of aliphatic carboxylic acids is 1. The number of anilines is 1. The minimum Gasteiger partial charge on any atom is -0.480 e. The number of carboxylic acids is 1. The molecule has 8 nitrogen and oxygen atoms in total. The Balaban J connectivity index is 2.00. The van der Waals surface area contributed by atoms with Crippen molar-refractivity contribution in [1.29, 1.82) is 0 Å². The molecular weight excluding hydrogens is 396 g/mol. The van der Waals surface area contributed by atoms with Gasteiger partial charge < -0.3 is 20.1 Å². The van der Waals surface area contributed by atoms with Crippen molar-refractivity contribution >= 4 is 17.9 Å². The Bertz CT molecular complexity index is 840. The van der Waals surface area contributed by atoms with Crippen LogP contribution in [0.4, 0.5) is 10.6 Å². The van der Waals surface area contributed by atoms with E-state index in [2.05, 4.69) is 22.2 Å². The number of hydrogen-bond acceptors (Lipinski definition) is 6. The van der Waals surface area contributed by atoms with E-state index in [4.69, 9.17) is 4.74 Å². The molecule has 2 N–H and O–H groups in total. The number of unbranched alkanes of at least 4 members (excludes halogenated alkanes) is 4. The number of hydrogen-bond donors (Lipinski definition) is 2. The fourth-order valence-electron chi connectivity index (χ4n) is 3.08. The molecule has 0 saturated carbocycles. The maximum Gasteiger partial charge on any atom is 0.414 e. The Morgan fingerprint density at radius 3 is 2.48 bits per heavy atom. The smallest absolute Gasteiger partial charge is 0.414 e. The van der Waals surface area contributed by atoms with Crippen LogP contribution in [-0.2, 0) is 17.6 Å². The second-order valence-electron chi connectivity index (χ2n) is 7.71. The second-order valence-corrected chi connectivity index (χ2v) is 7.71. The Morgan fingerprint density at radius 1 is 1.13 bits per heavy atom. The topological polar surface area (TPSA) is 105 Å². The van der Waals surface area contributed by atoms with E-state index in [-0.39, 0.29) is 6.42 Å². The van der Waals surface area contributed by atoms with E-state index in [9.17, 15) is 14.7 Å². The van der Waals surface area contributed by atoms with Crippen molar-refractivity contribution in [2.45, 2.75) is 57.9 Å². The third-order valence-electron chi connectivity index (χ3n) is 4.88. The average Bonchev–Trinajstić information content (AvgIpc) is 2.75. The number of amides is 1. The van der Waals surface area contributed by atoms with Crippen molar-refractivity contribution in [2.75, 3.05) is 19.4 Å². The van der Waals surface area contributed by atoms with E-state index >= 15 is 0 Å². The van der Waals surface area contributed by atoms with Gasteiger partial charge in [0, 0.05) is 32.3 Å². The van der Waals surface area contributed by atoms with Crippen LogP contribution in [0.2, 0.25) is 0 Å². The molecule has 2 rings (SSSR count). The maximum absolute atomic E-state index is 11.9. The molecule has 0 aliphatic rings. The van der Waals surface area contributed by atoms with Crippen molar-refractivity contribution in [1.82, 2.24) is 14.9 Å². The molecule has 0 fully saturated rings. The Kier molecular flexibility index (Phi) is 9.74. The fraction of sp³-hybridized carbons (Fsp3) is 0.478. The van der Waals surface area contributed by atoms with Crippen LogP contribution in [0.3, 0.4) is 0 Å². The highest BCUT2D eigenvalue weighted by Gasteiger charge is 2.20. The molecule has 168 valence electrons. The predicted molar refractivity (Wildman–Crippen MR) is 119 cm³/mol. The van der Waals surface area contributed by atoms with E-state index in [1.54, 1.807) is 44.6 Å². The fourth-order valence-corrected chi connectivity index (χ4v) is 3.08. The summed E-state index contributed by atoms with van der Waals surface area (Å²) < 4.78 is 5.19. The molecule has 2 aromatic rings. The third-order valence-corrected chi connectivity index (χ3v) is 4.88. The predicted octanol–water partition coefficient (Wildman–Crippen LogP) is 4.16. The zero-order valence-corrected chi connectivity index (χ0v) is 18.5. The zero-order chi connectivity index (χ0) is 22.6. The molecule has 1 amide bonds. The van der Waals surface area contributed by atoms with Crippen LogP contribution in [0.5, 0.6) is 5.75 Å². The van der Waals surface area contributed by atoms with Gasteiger partial charge in [0.25, 0.3) is 0 Å². The molecule has 0 spiro atoms. The Labute approximate surface area is 183 Å². The quantitative estimate of drug-likeness (QED) is 0.489. The van der Waals surface area contributed by atoms with E-state index in [0.717, 1.165) is 30.4 Å². The van der Waals surface area contributed by atoms with Gasteiger partial charge in [-0.25, -0.2) is 19.6 Å². The second kappa shape index (κ2) is 12.5. The van der Waals surface area contributed by atoms with Crippen molar-refractivity contribution in [3.63, 3.8) is 0 Å². The lowest BCUT2D eigenvalue weighted by Gasteiger charge is -2.17. The molecule has 0 radical (unpaired) electrons. The van der Waals surface area contributed by atoms with Crippen LogP contribution >= 0.6 is 0 Å². The first-order chi connectivity index (χ1) is 14.9. The van der Waals surface area contributed by atoms with E-state index in [1.165, 1.54) is 30.5 Å². The van der Waals surface area contributed by atoms with E-state index in [0.29, 0.717) is 11.6 Å². The minimum absolute atomic E-state index is 0.261. The monoisotopic (exact) mass is 428 g/mol. The number of aromatic nitrogens is 2. The maximum atomic E-state index is 11.9. The summed E-state index contributed by atoms with van der Waals surface area (Å²) in [5.41, 5.74) is 1.73. The van der Waals surface area contributed by atoms with Crippen LogP contribution in [-0.4, -0.2) is 52.2 Å². The molecule has 0 aliphatic carbocycles. The number of carbonyl (C=O) groups is 2. The van der Waals surface area contributed by atoms with Crippen LogP contribution in [0.25, 0.3) is 0 Å². The summed E-state index contributed by atoms with van der Waals surface area (Å²) in [5, 5.41) is 12.8. The number of rotatable bonds is 12. The van der Waals surface area contributed by atoms with Crippen LogP contribution in [0, 0.1) is 0 Å².